The van der Waals surface area contributed by atoms with Crippen molar-refractivity contribution in [1.29, 1.82) is 0 Å². The monoisotopic (exact) mass is 345 g/mol. The van der Waals surface area contributed by atoms with Crippen molar-refractivity contribution >= 4 is 5.91 Å². The number of rotatable bonds is 3. The van der Waals surface area contributed by atoms with Gasteiger partial charge in [-0.3, -0.25) is 4.79 Å². The minimum absolute atomic E-state index is 0.140. The first kappa shape index (κ1) is 17.0. The molecule has 0 radical (unpaired) electrons. The highest BCUT2D eigenvalue weighted by atomic mass is 16.2. The van der Waals surface area contributed by atoms with Gasteiger partial charge in [-0.15, -0.1) is 10.2 Å². The molecule has 1 aliphatic carbocycles. The van der Waals surface area contributed by atoms with E-state index in [1.165, 1.54) is 32.1 Å². The number of carbonyl (C=O) groups is 1. The Hall–Kier alpha value is -1.43. The fourth-order valence-corrected chi connectivity index (χ4v) is 4.79. The molecule has 1 amide bonds. The highest BCUT2D eigenvalue weighted by Gasteiger charge is 2.35. The SMILES string of the molecule is CN1CCc2nnc(C3CCCN3C(=O)CC3CCCCC3)n2CC1. The number of nitrogens with zero attached hydrogens (tertiary/aromatic N) is 5. The molecule has 0 spiro atoms. The maximum atomic E-state index is 13.0. The molecule has 3 heterocycles. The van der Waals surface area contributed by atoms with Gasteiger partial charge in [0.1, 0.15) is 5.82 Å². The van der Waals surface area contributed by atoms with E-state index < -0.39 is 0 Å². The largest absolute Gasteiger partial charge is 0.332 e. The lowest BCUT2D eigenvalue weighted by molar-refractivity contribution is -0.133. The molecule has 6 nitrogen and oxygen atoms in total. The fourth-order valence-electron chi connectivity index (χ4n) is 4.79. The number of hydrogen-bond donors (Lipinski definition) is 0. The predicted molar refractivity (Wildman–Crippen MR) is 96.1 cm³/mol. The quantitative estimate of drug-likeness (QED) is 0.844. The number of amides is 1. The molecule has 1 aromatic rings. The molecule has 1 saturated carbocycles. The van der Waals surface area contributed by atoms with Crippen LogP contribution in [0.2, 0.25) is 0 Å². The van der Waals surface area contributed by atoms with E-state index >= 15 is 0 Å². The topological polar surface area (TPSA) is 54.3 Å². The Labute approximate surface area is 150 Å². The molecular weight excluding hydrogens is 314 g/mol. The summed E-state index contributed by atoms with van der Waals surface area (Å²) in [5, 5.41) is 8.98. The Balaban J connectivity index is 1.48. The van der Waals surface area contributed by atoms with Gasteiger partial charge in [-0.05, 0) is 38.6 Å². The number of likely N-dealkylation sites (tertiary alicyclic amines) is 1. The third-order valence-corrected chi connectivity index (χ3v) is 6.34. The Morgan fingerprint density at radius 3 is 2.68 bits per heavy atom. The number of hydrogen-bond acceptors (Lipinski definition) is 4. The number of carbonyl (C=O) groups excluding carboxylic acids is 1. The van der Waals surface area contributed by atoms with Crippen LogP contribution in [0.3, 0.4) is 0 Å². The third kappa shape index (κ3) is 3.59. The standard InChI is InChI=1S/C19H31N5O/c1-22-11-9-17-20-21-19(24(17)13-12-22)16-8-5-10-23(16)18(25)14-15-6-3-2-4-7-15/h15-16H,2-14H2,1H3. The van der Waals surface area contributed by atoms with Crippen molar-refractivity contribution in [3.05, 3.63) is 11.6 Å². The Kier molecular flexibility index (Phi) is 5.06. The van der Waals surface area contributed by atoms with Gasteiger partial charge in [0.15, 0.2) is 5.82 Å². The van der Waals surface area contributed by atoms with Gasteiger partial charge in [0, 0.05) is 39.0 Å². The van der Waals surface area contributed by atoms with Crippen molar-refractivity contribution < 1.29 is 4.79 Å². The molecule has 1 unspecified atom stereocenters. The van der Waals surface area contributed by atoms with Crippen LogP contribution in [0.5, 0.6) is 0 Å². The fraction of sp³-hybridized carbons (Fsp3) is 0.842. The van der Waals surface area contributed by atoms with E-state index in [9.17, 15) is 4.79 Å². The molecule has 3 aliphatic rings. The van der Waals surface area contributed by atoms with Crippen molar-refractivity contribution in [3.63, 3.8) is 0 Å². The zero-order valence-electron chi connectivity index (χ0n) is 15.5. The molecule has 0 aromatic carbocycles. The third-order valence-electron chi connectivity index (χ3n) is 6.34. The van der Waals surface area contributed by atoms with Crippen LogP contribution in [-0.2, 0) is 17.8 Å². The van der Waals surface area contributed by atoms with E-state index in [0.29, 0.717) is 11.8 Å². The molecule has 138 valence electrons. The van der Waals surface area contributed by atoms with Crippen LogP contribution < -0.4 is 0 Å². The van der Waals surface area contributed by atoms with E-state index in [4.69, 9.17) is 0 Å². The second-order valence-corrected chi connectivity index (χ2v) is 8.13. The summed E-state index contributed by atoms with van der Waals surface area (Å²) in [5.41, 5.74) is 0. The van der Waals surface area contributed by atoms with Crippen LogP contribution in [0.25, 0.3) is 0 Å². The summed E-state index contributed by atoms with van der Waals surface area (Å²) >= 11 is 0. The molecule has 1 atom stereocenters. The normalized spacial score (nSPS) is 25.8. The smallest absolute Gasteiger partial charge is 0.223 e. The number of likely N-dealkylation sites (N-methyl/N-ethyl adjacent to an activating group) is 1. The van der Waals surface area contributed by atoms with E-state index in [2.05, 4.69) is 31.6 Å². The van der Waals surface area contributed by atoms with Crippen molar-refractivity contribution in [2.24, 2.45) is 5.92 Å². The maximum Gasteiger partial charge on any atom is 0.223 e. The number of aromatic nitrogens is 3. The Morgan fingerprint density at radius 1 is 1.00 bits per heavy atom. The summed E-state index contributed by atoms with van der Waals surface area (Å²) in [7, 11) is 2.16. The van der Waals surface area contributed by atoms with Gasteiger partial charge in [-0.2, -0.15) is 0 Å². The summed E-state index contributed by atoms with van der Waals surface area (Å²) in [5.74, 6) is 3.06. The van der Waals surface area contributed by atoms with E-state index in [0.717, 1.165) is 63.5 Å². The highest BCUT2D eigenvalue weighted by Crippen LogP contribution is 2.34. The lowest BCUT2D eigenvalue weighted by atomic mass is 9.86. The summed E-state index contributed by atoms with van der Waals surface area (Å²) in [4.78, 5) is 17.4. The van der Waals surface area contributed by atoms with Crippen molar-refractivity contribution in [1.82, 2.24) is 24.6 Å². The van der Waals surface area contributed by atoms with Gasteiger partial charge in [-0.1, -0.05) is 19.3 Å². The van der Waals surface area contributed by atoms with E-state index in [1.54, 1.807) is 0 Å². The van der Waals surface area contributed by atoms with Crippen LogP contribution in [0.4, 0.5) is 0 Å². The molecule has 25 heavy (non-hydrogen) atoms. The van der Waals surface area contributed by atoms with Gasteiger partial charge < -0.3 is 14.4 Å². The van der Waals surface area contributed by atoms with Crippen LogP contribution in [0.15, 0.2) is 0 Å². The highest BCUT2D eigenvalue weighted by molar-refractivity contribution is 5.77. The van der Waals surface area contributed by atoms with Crippen LogP contribution in [0.1, 0.15) is 69.1 Å². The molecule has 2 aliphatic heterocycles. The molecule has 2 fully saturated rings. The van der Waals surface area contributed by atoms with Gasteiger partial charge in [0.25, 0.3) is 0 Å². The van der Waals surface area contributed by atoms with Crippen LogP contribution in [0, 0.1) is 5.92 Å². The first-order valence-corrected chi connectivity index (χ1v) is 10.1. The second-order valence-electron chi connectivity index (χ2n) is 8.13. The lowest BCUT2D eigenvalue weighted by Crippen LogP contribution is -2.34. The maximum absolute atomic E-state index is 13.0. The summed E-state index contributed by atoms with van der Waals surface area (Å²) in [6.45, 7) is 3.89. The minimum Gasteiger partial charge on any atom is -0.332 e. The van der Waals surface area contributed by atoms with Crippen molar-refractivity contribution in [3.8, 4) is 0 Å². The minimum atomic E-state index is 0.140. The molecule has 0 bridgehead atoms. The van der Waals surface area contributed by atoms with Crippen LogP contribution >= 0.6 is 0 Å². The summed E-state index contributed by atoms with van der Waals surface area (Å²) < 4.78 is 2.29. The molecule has 1 saturated heterocycles. The lowest BCUT2D eigenvalue weighted by Gasteiger charge is -2.28. The van der Waals surface area contributed by atoms with Crippen LogP contribution in [-0.4, -0.2) is 57.2 Å². The predicted octanol–water partition coefficient (Wildman–Crippen LogP) is 2.40. The molecule has 4 rings (SSSR count). The summed E-state index contributed by atoms with van der Waals surface area (Å²) in [6, 6.07) is 0.140. The Morgan fingerprint density at radius 2 is 1.84 bits per heavy atom. The van der Waals surface area contributed by atoms with E-state index in [1.807, 2.05) is 0 Å². The zero-order valence-corrected chi connectivity index (χ0v) is 15.5. The van der Waals surface area contributed by atoms with Crippen molar-refractivity contribution in [2.45, 2.75) is 70.4 Å². The Bertz CT molecular complexity index is 607. The van der Waals surface area contributed by atoms with Gasteiger partial charge in [0.05, 0.1) is 6.04 Å². The average molecular weight is 345 g/mol. The number of fused-ring (bicyclic) bond motifs is 1. The van der Waals surface area contributed by atoms with Gasteiger partial charge in [-0.25, -0.2) is 0 Å². The first-order valence-electron chi connectivity index (χ1n) is 10.1. The molecular formula is C19H31N5O. The molecule has 0 N–H and O–H groups in total. The van der Waals surface area contributed by atoms with E-state index in [-0.39, 0.29) is 6.04 Å². The average Bonchev–Trinajstić information content (AvgIpc) is 3.21. The van der Waals surface area contributed by atoms with Gasteiger partial charge in [0.2, 0.25) is 5.91 Å². The first-order chi connectivity index (χ1) is 12.2. The summed E-state index contributed by atoms with van der Waals surface area (Å²) in [6.07, 6.45) is 10.2. The second kappa shape index (κ2) is 7.44. The molecule has 1 aromatic heterocycles. The van der Waals surface area contributed by atoms with Gasteiger partial charge >= 0.3 is 0 Å². The molecule has 6 heteroatoms. The van der Waals surface area contributed by atoms with Crippen molar-refractivity contribution in [2.75, 3.05) is 26.7 Å². The zero-order chi connectivity index (χ0) is 17.2.